The van der Waals surface area contributed by atoms with E-state index in [-0.39, 0.29) is 30.8 Å². The van der Waals surface area contributed by atoms with Crippen molar-refractivity contribution >= 4 is 40.6 Å². The van der Waals surface area contributed by atoms with Gasteiger partial charge in [-0.05, 0) is 24.6 Å². The van der Waals surface area contributed by atoms with E-state index < -0.39 is 11.9 Å². The number of benzene rings is 1. The summed E-state index contributed by atoms with van der Waals surface area (Å²) in [6, 6.07) is 12.8. The molecule has 1 aliphatic rings. The minimum atomic E-state index is -0.548. The van der Waals surface area contributed by atoms with Crippen LogP contribution in [0.3, 0.4) is 0 Å². The molecule has 0 bridgehead atoms. The number of nitrogens with zero attached hydrogens (tertiary/aromatic N) is 1. The Hall–Kier alpha value is -2.18. The fourth-order valence-electron chi connectivity index (χ4n) is 2.97. The molecule has 1 fully saturated rings. The van der Waals surface area contributed by atoms with Crippen molar-refractivity contribution in [2.75, 3.05) is 13.2 Å². The molecule has 26 heavy (non-hydrogen) atoms. The van der Waals surface area contributed by atoms with Crippen molar-refractivity contribution in [3.05, 3.63) is 57.2 Å². The van der Waals surface area contributed by atoms with Gasteiger partial charge in [0.05, 0.1) is 21.2 Å². The van der Waals surface area contributed by atoms with Gasteiger partial charge in [-0.25, -0.2) is 0 Å². The molecule has 1 aliphatic heterocycles. The molecule has 2 heterocycles. The summed E-state index contributed by atoms with van der Waals surface area (Å²) in [5.41, 5.74) is 1.01. The number of amides is 1. The molecule has 5 nitrogen and oxygen atoms in total. The van der Waals surface area contributed by atoms with E-state index >= 15 is 0 Å². The highest BCUT2D eigenvalue weighted by Gasteiger charge is 2.38. The SMILES string of the molecule is C[C@H](c1ccccc1)N1C[C@@H](C(=O)OCC(=O)c2ccc(Cl)s2)CC1=O. The number of thiophene rings is 1. The summed E-state index contributed by atoms with van der Waals surface area (Å²) in [4.78, 5) is 38.7. The number of carbonyl (C=O) groups excluding carboxylic acids is 3. The lowest BCUT2D eigenvalue weighted by atomic mass is 10.1. The number of carbonyl (C=O) groups is 3. The topological polar surface area (TPSA) is 63.7 Å². The Morgan fingerprint density at radius 1 is 1.27 bits per heavy atom. The lowest BCUT2D eigenvalue weighted by Crippen LogP contribution is -2.30. The highest BCUT2D eigenvalue weighted by atomic mass is 35.5. The predicted molar refractivity (Wildman–Crippen MR) is 99.3 cm³/mol. The van der Waals surface area contributed by atoms with Crippen molar-refractivity contribution in [1.29, 1.82) is 0 Å². The van der Waals surface area contributed by atoms with E-state index in [0.717, 1.165) is 16.9 Å². The number of rotatable bonds is 6. The first kappa shape index (κ1) is 18.6. The maximum Gasteiger partial charge on any atom is 0.311 e. The maximum absolute atomic E-state index is 12.3. The average Bonchev–Trinajstić information content (AvgIpc) is 3.25. The molecule has 0 aliphatic carbocycles. The summed E-state index contributed by atoms with van der Waals surface area (Å²) < 4.78 is 5.64. The summed E-state index contributed by atoms with van der Waals surface area (Å²) in [6.45, 7) is 1.90. The molecule has 7 heteroatoms. The van der Waals surface area contributed by atoms with Crippen LogP contribution in [0.4, 0.5) is 0 Å². The van der Waals surface area contributed by atoms with Gasteiger partial charge in [-0.1, -0.05) is 41.9 Å². The van der Waals surface area contributed by atoms with Gasteiger partial charge in [-0.2, -0.15) is 0 Å². The van der Waals surface area contributed by atoms with Crippen molar-refractivity contribution in [2.45, 2.75) is 19.4 Å². The van der Waals surface area contributed by atoms with Crippen LogP contribution in [-0.2, 0) is 14.3 Å². The maximum atomic E-state index is 12.3. The second-order valence-corrected chi connectivity index (χ2v) is 7.88. The van der Waals surface area contributed by atoms with Crippen molar-refractivity contribution in [1.82, 2.24) is 4.90 Å². The van der Waals surface area contributed by atoms with E-state index in [1.165, 1.54) is 0 Å². The normalized spacial score (nSPS) is 18.0. The van der Waals surface area contributed by atoms with Gasteiger partial charge in [0, 0.05) is 13.0 Å². The van der Waals surface area contributed by atoms with Crippen molar-refractivity contribution in [3.63, 3.8) is 0 Å². The van der Waals surface area contributed by atoms with Gasteiger partial charge in [-0.15, -0.1) is 11.3 Å². The summed E-state index contributed by atoms with van der Waals surface area (Å²) >= 11 is 6.94. The quantitative estimate of drug-likeness (QED) is 0.556. The first-order chi connectivity index (χ1) is 12.5. The van der Waals surface area contributed by atoms with Crippen molar-refractivity contribution < 1.29 is 19.1 Å². The standard InChI is InChI=1S/C19H18ClNO4S/c1-12(13-5-3-2-4-6-13)21-10-14(9-18(21)23)19(24)25-11-15(22)16-7-8-17(20)26-16/h2-8,12,14H,9-11H2,1H3/t12-,14+/m1/s1. The van der Waals surface area contributed by atoms with Crippen LogP contribution in [0.15, 0.2) is 42.5 Å². The van der Waals surface area contributed by atoms with Gasteiger partial charge in [-0.3, -0.25) is 14.4 Å². The van der Waals surface area contributed by atoms with Crippen LogP contribution in [0.1, 0.15) is 34.6 Å². The van der Waals surface area contributed by atoms with Crippen LogP contribution in [0.5, 0.6) is 0 Å². The number of Topliss-reactive ketones (excluding diaryl/α,β-unsaturated/α-hetero) is 1. The summed E-state index contributed by atoms with van der Waals surface area (Å²) in [6.07, 6.45) is 0.106. The zero-order valence-electron chi connectivity index (χ0n) is 14.2. The molecule has 136 valence electrons. The number of ether oxygens (including phenoxy) is 1. The Bertz CT molecular complexity index is 820. The Morgan fingerprint density at radius 2 is 2.00 bits per heavy atom. The van der Waals surface area contributed by atoms with E-state index in [4.69, 9.17) is 16.3 Å². The zero-order chi connectivity index (χ0) is 18.7. The molecule has 3 rings (SSSR count). The highest BCUT2D eigenvalue weighted by Crippen LogP contribution is 2.29. The molecule has 1 saturated heterocycles. The van der Waals surface area contributed by atoms with Crippen molar-refractivity contribution in [2.24, 2.45) is 5.92 Å². The van der Waals surface area contributed by atoms with Crippen LogP contribution in [0.2, 0.25) is 4.34 Å². The minimum Gasteiger partial charge on any atom is -0.457 e. The highest BCUT2D eigenvalue weighted by molar-refractivity contribution is 7.18. The molecule has 0 radical (unpaired) electrons. The number of hydrogen-bond donors (Lipinski definition) is 0. The average molecular weight is 392 g/mol. The molecule has 2 aromatic rings. The molecule has 1 aromatic heterocycles. The van der Waals surface area contributed by atoms with E-state index in [1.54, 1.807) is 17.0 Å². The number of hydrogen-bond acceptors (Lipinski definition) is 5. The van der Waals surface area contributed by atoms with Crippen molar-refractivity contribution in [3.8, 4) is 0 Å². The third-order valence-electron chi connectivity index (χ3n) is 4.43. The number of ketones is 1. The molecule has 0 spiro atoms. The fourth-order valence-corrected chi connectivity index (χ4v) is 3.93. The number of likely N-dealkylation sites (tertiary alicyclic amines) is 1. The third-order valence-corrected chi connectivity index (χ3v) is 5.71. The van der Waals surface area contributed by atoms with E-state index in [2.05, 4.69) is 0 Å². The molecular formula is C19H18ClNO4S. The van der Waals surface area contributed by atoms with Gasteiger partial charge in [0.2, 0.25) is 11.7 Å². The molecule has 0 unspecified atom stereocenters. The number of esters is 1. The fraction of sp³-hybridized carbons (Fsp3) is 0.316. The van der Waals surface area contributed by atoms with E-state index in [1.807, 2.05) is 37.3 Å². The second kappa shape index (κ2) is 8.01. The Kier molecular flexibility index (Phi) is 5.74. The van der Waals surface area contributed by atoms with Gasteiger partial charge < -0.3 is 9.64 Å². The molecule has 0 N–H and O–H groups in total. The van der Waals surface area contributed by atoms with Gasteiger partial charge >= 0.3 is 5.97 Å². The molecule has 2 atom stereocenters. The van der Waals surface area contributed by atoms with Gasteiger partial charge in [0.1, 0.15) is 0 Å². The van der Waals surface area contributed by atoms with Crippen LogP contribution in [0.25, 0.3) is 0 Å². The third kappa shape index (κ3) is 4.14. The summed E-state index contributed by atoms with van der Waals surface area (Å²) in [5.74, 6) is -1.45. The predicted octanol–water partition coefficient (Wildman–Crippen LogP) is 3.74. The first-order valence-corrected chi connectivity index (χ1v) is 9.44. The molecule has 0 saturated carbocycles. The second-order valence-electron chi connectivity index (χ2n) is 6.17. The summed E-state index contributed by atoms with van der Waals surface area (Å²) in [5, 5.41) is 0. The summed E-state index contributed by atoms with van der Waals surface area (Å²) in [7, 11) is 0. The number of halogens is 1. The van der Waals surface area contributed by atoms with E-state index in [0.29, 0.717) is 15.8 Å². The molecule has 1 amide bonds. The molecule has 1 aromatic carbocycles. The van der Waals surface area contributed by atoms with Gasteiger partial charge in [0.25, 0.3) is 0 Å². The Balaban J connectivity index is 1.56. The van der Waals surface area contributed by atoms with Crippen LogP contribution >= 0.6 is 22.9 Å². The Morgan fingerprint density at radius 3 is 2.65 bits per heavy atom. The minimum absolute atomic E-state index is 0.0836. The largest absolute Gasteiger partial charge is 0.457 e. The van der Waals surface area contributed by atoms with Crippen LogP contribution in [-0.4, -0.2) is 35.7 Å². The van der Waals surface area contributed by atoms with Crippen LogP contribution < -0.4 is 0 Å². The lowest BCUT2D eigenvalue weighted by molar-refractivity contribution is -0.147. The smallest absolute Gasteiger partial charge is 0.311 e. The monoisotopic (exact) mass is 391 g/mol. The lowest BCUT2D eigenvalue weighted by Gasteiger charge is -2.25. The van der Waals surface area contributed by atoms with E-state index in [9.17, 15) is 14.4 Å². The van der Waals surface area contributed by atoms with Crippen LogP contribution in [0, 0.1) is 5.92 Å². The zero-order valence-corrected chi connectivity index (χ0v) is 15.8. The van der Waals surface area contributed by atoms with Gasteiger partial charge in [0.15, 0.2) is 6.61 Å². The first-order valence-electron chi connectivity index (χ1n) is 8.25. The Labute approximate surface area is 160 Å². The molecular weight excluding hydrogens is 374 g/mol.